The highest BCUT2D eigenvalue weighted by atomic mass is 79.9. The topological polar surface area (TPSA) is 51.8 Å². The molecule has 0 aromatic carbocycles. The Morgan fingerprint density at radius 3 is 2.65 bits per heavy atom. The predicted molar refractivity (Wildman–Crippen MR) is 75.0 cm³/mol. The Bertz CT molecular complexity index is 481. The summed E-state index contributed by atoms with van der Waals surface area (Å²) in [6.45, 7) is 2.09. The molecule has 0 aliphatic carbocycles. The summed E-state index contributed by atoms with van der Waals surface area (Å²) in [5.74, 6) is 0.773. The highest BCUT2D eigenvalue weighted by molar-refractivity contribution is 9.10. The van der Waals surface area contributed by atoms with Crippen molar-refractivity contribution in [3.05, 3.63) is 33.9 Å². The van der Waals surface area contributed by atoms with E-state index in [9.17, 15) is 0 Å². The molecular formula is C12H14BrN3S. The van der Waals surface area contributed by atoms with E-state index in [1.165, 1.54) is 0 Å². The van der Waals surface area contributed by atoms with E-state index in [4.69, 9.17) is 5.73 Å². The first-order valence-electron chi connectivity index (χ1n) is 5.50. The summed E-state index contributed by atoms with van der Waals surface area (Å²) < 4.78 is 1.07. The Balaban J connectivity index is 2.13. The maximum Gasteiger partial charge on any atom is 0.169 e. The van der Waals surface area contributed by atoms with Crippen molar-refractivity contribution in [2.45, 2.75) is 25.8 Å². The Kier molecular flexibility index (Phi) is 4.25. The molecule has 1 unspecified atom stereocenters. The molecule has 0 aliphatic rings. The standard InChI is InChI=1S/C12H14BrN3S/c1-2-10(14)3-8-5-15-12(16-6-8)11-4-9(13)7-17-11/h4-7,10H,2-3,14H2,1H3. The molecule has 90 valence electrons. The van der Waals surface area contributed by atoms with Crippen LogP contribution >= 0.6 is 27.3 Å². The Hall–Kier alpha value is -0.780. The first kappa shape index (κ1) is 12.7. The zero-order chi connectivity index (χ0) is 12.3. The van der Waals surface area contributed by atoms with Crippen molar-refractivity contribution < 1.29 is 0 Å². The molecule has 0 saturated carbocycles. The Labute approximate surface area is 113 Å². The molecular weight excluding hydrogens is 298 g/mol. The van der Waals surface area contributed by atoms with Crippen molar-refractivity contribution in [1.82, 2.24) is 9.97 Å². The van der Waals surface area contributed by atoms with Crippen molar-refractivity contribution >= 4 is 27.3 Å². The van der Waals surface area contributed by atoms with Crippen LogP contribution in [-0.2, 0) is 6.42 Å². The molecule has 0 aliphatic heterocycles. The molecule has 2 rings (SSSR count). The van der Waals surface area contributed by atoms with Crippen molar-refractivity contribution in [2.24, 2.45) is 5.73 Å². The van der Waals surface area contributed by atoms with Crippen LogP contribution in [0, 0.1) is 0 Å². The summed E-state index contributed by atoms with van der Waals surface area (Å²) in [5, 5.41) is 2.03. The van der Waals surface area contributed by atoms with Gasteiger partial charge in [0.05, 0.1) is 4.88 Å². The second-order valence-electron chi connectivity index (χ2n) is 3.92. The lowest BCUT2D eigenvalue weighted by Crippen LogP contribution is -2.21. The summed E-state index contributed by atoms with van der Waals surface area (Å²) in [4.78, 5) is 9.82. The van der Waals surface area contributed by atoms with Crippen LogP contribution in [-0.4, -0.2) is 16.0 Å². The van der Waals surface area contributed by atoms with Crippen molar-refractivity contribution in [3.63, 3.8) is 0 Å². The molecule has 3 nitrogen and oxygen atoms in total. The van der Waals surface area contributed by atoms with Crippen molar-refractivity contribution in [3.8, 4) is 10.7 Å². The molecule has 2 aromatic rings. The van der Waals surface area contributed by atoms with Gasteiger partial charge in [0.2, 0.25) is 0 Å². The first-order chi connectivity index (χ1) is 8.19. The molecule has 0 saturated heterocycles. The van der Waals surface area contributed by atoms with Gasteiger partial charge in [-0.15, -0.1) is 11.3 Å². The number of hydrogen-bond donors (Lipinski definition) is 1. The van der Waals surface area contributed by atoms with Crippen molar-refractivity contribution in [1.29, 1.82) is 0 Å². The first-order valence-corrected chi connectivity index (χ1v) is 7.17. The predicted octanol–water partition coefficient (Wildman–Crippen LogP) is 3.25. The van der Waals surface area contributed by atoms with Crippen LogP contribution in [0.3, 0.4) is 0 Å². The van der Waals surface area contributed by atoms with Gasteiger partial charge < -0.3 is 5.73 Å². The largest absolute Gasteiger partial charge is 0.327 e. The minimum Gasteiger partial charge on any atom is -0.327 e. The van der Waals surface area contributed by atoms with E-state index < -0.39 is 0 Å². The zero-order valence-electron chi connectivity index (χ0n) is 9.56. The highest BCUT2D eigenvalue weighted by Crippen LogP contribution is 2.27. The van der Waals surface area contributed by atoms with Crippen LogP contribution in [0.15, 0.2) is 28.3 Å². The minimum atomic E-state index is 0.195. The van der Waals surface area contributed by atoms with E-state index in [2.05, 4.69) is 32.8 Å². The molecule has 1 atom stereocenters. The van der Waals surface area contributed by atoms with E-state index in [1.54, 1.807) is 11.3 Å². The van der Waals surface area contributed by atoms with Gasteiger partial charge in [-0.1, -0.05) is 6.92 Å². The third-order valence-corrected chi connectivity index (χ3v) is 4.20. The average Bonchev–Trinajstić information content (AvgIpc) is 2.77. The molecule has 0 bridgehead atoms. The molecule has 5 heteroatoms. The lowest BCUT2D eigenvalue weighted by atomic mass is 10.1. The van der Waals surface area contributed by atoms with Crippen molar-refractivity contribution in [2.75, 3.05) is 0 Å². The summed E-state index contributed by atoms with van der Waals surface area (Å²) in [6, 6.07) is 2.22. The molecule has 0 fully saturated rings. The second-order valence-corrected chi connectivity index (χ2v) is 5.74. The summed E-state index contributed by atoms with van der Waals surface area (Å²) in [6.07, 6.45) is 5.54. The number of nitrogens with two attached hydrogens (primary N) is 1. The smallest absolute Gasteiger partial charge is 0.169 e. The van der Waals surface area contributed by atoms with Gasteiger partial charge in [-0.25, -0.2) is 9.97 Å². The number of thiophene rings is 1. The Morgan fingerprint density at radius 2 is 2.12 bits per heavy atom. The minimum absolute atomic E-state index is 0.195. The molecule has 0 amide bonds. The monoisotopic (exact) mass is 311 g/mol. The number of halogens is 1. The van der Waals surface area contributed by atoms with E-state index in [1.807, 2.05) is 23.8 Å². The Morgan fingerprint density at radius 1 is 1.41 bits per heavy atom. The van der Waals surface area contributed by atoms with Crippen LogP contribution in [0.4, 0.5) is 0 Å². The molecule has 2 heterocycles. The number of aromatic nitrogens is 2. The molecule has 17 heavy (non-hydrogen) atoms. The summed E-state index contributed by atoms with van der Waals surface area (Å²) in [7, 11) is 0. The molecule has 0 radical (unpaired) electrons. The van der Waals surface area contributed by atoms with Crippen LogP contribution in [0.5, 0.6) is 0 Å². The van der Waals surface area contributed by atoms with E-state index >= 15 is 0 Å². The summed E-state index contributed by atoms with van der Waals surface area (Å²) in [5.41, 5.74) is 6.99. The quantitative estimate of drug-likeness (QED) is 0.943. The van der Waals surface area contributed by atoms with Gasteiger partial charge in [0.25, 0.3) is 0 Å². The van der Waals surface area contributed by atoms with E-state index in [0.717, 1.165) is 33.6 Å². The van der Waals surface area contributed by atoms with Gasteiger partial charge in [-0.05, 0) is 40.4 Å². The maximum atomic E-state index is 5.90. The normalized spacial score (nSPS) is 12.6. The van der Waals surface area contributed by atoms with Gasteiger partial charge >= 0.3 is 0 Å². The fourth-order valence-corrected chi connectivity index (χ4v) is 2.84. The van der Waals surface area contributed by atoms with Gasteiger partial charge in [-0.3, -0.25) is 0 Å². The van der Waals surface area contributed by atoms with E-state index in [0.29, 0.717) is 0 Å². The summed E-state index contributed by atoms with van der Waals surface area (Å²) >= 11 is 5.05. The molecule has 2 aromatic heterocycles. The third-order valence-electron chi connectivity index (χ3n) is 2.52. The maximum absolute atomic E-state index is 5.90. The fourth-order valence-electron chi connectivity index (χ4n) is 1.46. The number of hydrogen-bond acceptors (Lipinski definition) is 4. The van der Waals surface area contributed by atoms with Crippen LogP contribution < -0.4 is 5.73 Å². The third kappa shape index (κ3) is 3.34. The highest BCUT2D eigenvalue weighted by Gasteiger charge is 2.06. The zero-order valence-corrected chi connectivity index (χ0v) is 12.0. The van der Waals surface area contributed by atoms with Gasteiger partial charge in [0, 0.05) is 28.3 Å². The lowest BCUT2D eigenvalue weighted by Gasteiger charge is -2.07. The SMILES string of the molecule is CCC(N)Cc1cnc(-c2cc(Br)cs2)nc1. The van der Waals surface area contributed by atoms with E-state index in [-0.39, 0.29) is 6.04 Å². The van der Waals surface area contributed by atoms with Crippen LogP contribution in [0.1, 0.15) is 18.9 Å². The van der Waals surface area contributed by atoms with Gasteiger partial charge in [0.15, 0.2) is 5.82 Å². The lowest BCUT2D eigenvalue weighted by molar-refractivity contribution is 0.643. The van der Waals surface area contributed by atoms with Gasteiger partial charge in [0.1, 0.15) is 0 Å². The average molecular weight is 312 g/mol. The molecule has 2 N–H and O–H groups in total. The fraction of sp³-hybridized carbons (Fsp3) is 0.333. The van der Waals surface area contributed by atoms with Crippen LogP contribution in [0.2, 0.25) is 0 Å². The van der Waals surface area contributed by atoms with Crippen LogP contribution in [0.25, 0.3) is 10.7 Å². The molecule has 0 spiro atoms. The second kappa shape index (κ2) is 5.71. The van der Waals surface area contributed by atoms with Gasteiger partial charge in [-0.2, -0.15) is 0 Å². The number of nitrogens with zero attached hydrogens (tertiary/aromatic N) is 2. The number of rotatable bonds is 4.